The van der Waals surface area contributed by atoms with E-state index in [2.05, 4.69) is 11.4 Å². The highest BCUT2D eigenvalue weighted by Crippen LogP contribution is 2.38. The van der Waals surface area contributed by atoms with Crippen LogP contribution in [0.25, 0.3) is 23.1 Å². The molecule has 0 aliphatic heterocycles. The summed E-state index contributed by atoms with van der Waals surface area (Å²) < 4.78 is 16.3. The van der Waals surface area contributed by atoms with Crippen LogP contribution in [0.4, 0.5) is 5.82 Å². The molecule has 1 aromatic heterocycles. The first-order chi connectivity index (χ1) is 16.6. The van der Waals surface area contributed by atoms with Gasteiger partial charge in [0.25, 0.3) is 0 Å². The Morgan fingerprint density at radius 3 is 2.41 bits per heavy atom. The Morgan fingerprint density at radius 1 is 0.971 bits per heavy atom. The van der Waals surface area contributed by atoms with Crippen molar-refractivity contribution in [1.29, 1.82) is 0 Å². The SMILES string of the molecule is COc1cc(/C=C/c2nc(NCC3CCCC(CN)C3)c3ccccc3n2)cc(OC)c1OC. The third-order valence-corrected chi connectivity index (χ3v) is 6.52. The molecule has 4 rings (SSSR count). The van der Waals surface area contributed by atoms with E-state index in [1.807, 2.05) is 42.5 Å². The largest absolute Gasteiger partial charge is 0.493 e. The molecule has 180 valence electrons. The zero-order valence-electron chi connectivity index (χ0n) is 20.2. The molecular formula is C27H34N4O3. The lowest BCUT2D eigenvalue weighted by atomic mass is 9.81. The van der Waals surface area contributed by atoms with Gasteiger partial charge in [-0.25, -0.2) is 9.97 Å². The lowest BCUT2D eigenvalue weighted by Crippen LogP contribution is -2.26. The molecule has 3 aromatic rings. The van der Waals surface area contributed by atoms with E-state index >= 15 is 0 Å². The van der Waals surface area contributed by atoms with Gasteiger partial charge >= 0.3 is 0 Å². The monoisotopic (exact) mass is 462 g/mol. The maximum atomic E-state index is 5.93. The Kier molecular flexibility index (Phi) is 7.85. The number of nitrogens with two attached hydrogens (primary N) is 1. The van der Waals surface area contributed by atoms with Gasteiger partial charge in [0.15, 0.2) is 17.3 Å². The van der Waals surface area contributed by atoms with Crippen LogP contribution in [0.2, 0.25) is 0 Å². The van der Waals surface area contributed by atoms with E-state index in [4.69, 9.17) is 29.9 Å². The van der Waals surface area contributed by atoms with Gasteiger partial charge in [-0.1, -0.05) is 24.6 Å². The fraction of sp³-hybridized carbons (Fsp3) is 0.407. The van der Waals surface area contributed by atoms with Gasteiger partial charge in [0.05, 0.1) is 26.8 Å². The van der Waals surface area contributed by atoms with Crippen LogP contribution in [-0.2, 0) is 0 Å². The van der Waals surface area contributed by atoms with Crippen LogP contribution in [0.15, 0.2) is 36.4 Å². The molecular weight excluding hydrogens is 428 g/mol. The summed E-state index contributed by atoms with van der Waals surface area (Å²) >= 11 is 0. The van der Waals surface area contributed by atoms with E-state index in [-0.39, 0.29) is 0 Å². The lowest BCUT2D eigenvalue weighted by Gasteiger charge is -2.28. The first-order valence-corrected chi connectivity index (χ1v) is 11.8. The summed E-state index contributed by atoms with van der Waals surface area (Å²) in [6.45, 7) is 1.68. The van der Waals surface area contributed by atoms with Gasteiger partial charge in [0, 0.05) is 11.9 Å². The van der Waals surface area contributed by atoms with Crippen LogP contribution in [0.5, 0.6) is 17.2 Å². The highest BCUT2D eigenvalue weighted by Gasteiger charge is 2.21. The zero-order valence-corrected chi connectivity index (χ0v) is 20.2. The van der Waals surface area contributed by atoms with Crippen LogP contribution in [0.1, 0.15) is 37.1 Å². The summed E-state index contributed by atoms with van der Waals surface area (Å²) in [4.78, 5) is 9.59. The minimum absolute atomic E-state index is 0.565. The van der Waals surface area contributed by atoms with Crippen LogP contribution in [-0.4, -0.2) is 44.4 Å². The molecule has 34 heavy (non-hydrogen) atoms. The minimum Gasteiger partial charge on any atom is -0.493 e. The number of para-hydroxylation sites is 1. The predicted molar refractivity (Wildman–Crippen MR) is 138 cm³/mol. The number of aromatic nitrogens is 2. The van der Waals surface area contributed by atoms with Crippen molar-refractivity contribution in [3.8, 4) is 17.2 Å². The van der Waals surface area contributed by atoms with Crippen molar-refractivity contribution in [2.45, 2.75) is 25.7 Å². The summed E-state index contributed by atoms with van der Waals surface area (Å²) in [5.74, 6) is 4.53. The fourth-order valence-corrected chi connectivity index (χ4v) is 4.71. The van der Waals surface area contributed by atoms with Crippen molar-refractivity contribution >= 4 is 28.9 Å². The second kappa shape index (κ2) is 11.2. The maximum Gasteiger partial charge on any atom is 0.203 e. The van der Waals surface area contributed by atoms with E-state index in [1.54, 1.807) is 21.3 Å². The van der Waals surface area contributed by atoms with Gasteiger partial charge in [-0.2, -0.15) is 0 Å². The molecule has 2 unspecified atom stereocenters. The highest BCUT2D eigenvalue weighted by atomic mass is 16.5. The average Bonchev–Trinajstić information content (AvgIpc) is 2.89. The number of nitrogens with one attached hydrogen (secondary N) is 1. The second-order valence-electron chi connectivity index (χ2n) is 8.75. The molecule has 0 spiro atoms. The van der Waals surface area contributed by atoms with Crippen molar-refractivity contribution in [1.82, 2.24) is 9.97 Å². The van der Waals surface area contributed by atoms with Crippen LogP contribution >= 0.6 is 0 Å². The number of fused-ring (bicyclic) bond motifs is 1. The average molecular weight is 463 g/mol. The Bertz CT molecular complexity index is 1120. The summed E-state index contributed by atoms with van der Waals surface area (Å²) in [5, 5.41) is 4.64. The number of rotatable bonds is 9. The third kappa shape index (κ3) is 5.42. The number of anilines is 1. The van der Waals surface area contributed by atoms with Crippen molar-refractivity contribution in [3.05, 3.63) is 47.8 Å². The summed E-state index contributed by atoms with van der Waals surface area (Å²) in [7, 11) is 4.81. The molecule has 0 bridgehead atoms. The molecule has 0 saturated heterocycles. The van der Waals surface area contributed by atoms with Crippen molar-refractivity contribution in [2.75, 3.05) is 39.7 Å². The predicted octanol–water partition coefficient (Wildman–Crippen LogP) is 5.00. The van der Waals surface area contributed by atoms with Gasteiger partial charge in [-0.05, 0) is 73.5 Å². The van der Waals surface area contributed by atoms with Crippen molar-refractivity contribution in [2.24, 2.45) is 17.6 Å². The van der Waals surface area contributed by atoms with Crippen LogP contribution in [0.3, 0.4) is 0 Å². The van der Waals surface area contributed by atoms with Gasteiger partial charge < -0.3 is 25.3 Å². The molecule has 1 aliphatic rings. The van der Waals surface area contributed by atoms with Crippen molar-refractivity contribution < 1.29 is 14.2 Å². The quantitative estimate of drug-likeness (QED) is 0.462. The Morgan fingerprint density at radius 2 is 1.71 bits per heavy atom. The third-order valence-electron chi connectivity index (χ3n) is 6.52. The topological polar surface area (TPSA) is 91.5 Å². The molecule has 7 heteroatoms. The first kappa shape index (κ1) is 23.8. The number of ether oxygens (including phenoxy) is 3. The van der Waals surface area contributed by atoms with Gasteiger partial charge in [-0.15, -0.1) is 0 Å². The lowest BCUT2D eigenvalue weighted by molar-refractivity contribution is 0.281. The van der Waals surface area contributed by atoms with E-state index in [9.17, 15) is 0 Å². The molecule has 2 atom stereocenters. The Balaban J connectivity index is 1.59. The molecule has 7 nitrogen and oxygen atoms in total. The summed E-state index contributed by atoms with van der Waals surface area (Å²) in [6.07, 6.45) is 8.77. The van der Waals surface area contributed by atoms with E-state index in [1.165, 1.54) is 25.7 Å². The van der Waals surface area contributed by atoms with Crippen molar-refractivity contribution in [3.63, 3.8) is 0 Å². The molecule has 3 N–H and O–H groups in total. The van der Waals surface area contributed by atoms with Gasteiger partial charge in [0.1, 0.15) is 5.82 Å². The summed E-state index contributed by atoms with van der Waals surface area (Å²) in [5.41, 5.74) is 7.74. The Labute approximate surface area is 201 Å². The van der Waals surface area contributed by atoms with Gasteiger partial charge in [0.2, 0.25) is 5.75 Å². The number of methoxy groups -OCH3 is 3. The molecule has 1 aliphatic carbocycles. The maximum absolute atomic E-state index is 5.93. The highest BCUT2D eigenvalue weighted by molar-refractivity contribution is 5.90. The number of hydrogen-bond donors (Lipinski definition) is 2. The standard InChI is InChI=1S/C27H34N4O3/c1-32-23-14-18(15-24(33-2)26(23)34-3)11-12-25-30-22-10-5-4-9-21(22)27(31-25)29-17-20-8-6-7-19(13-20)16-28/h4-5,9-12,14-15,19-20H,6-8,13,16-17,28H2,1-3H3,(H,29,30,31)/b12-11+. The normalized spacial score (nSPS) is 18.2. The number of benzene rings is 2. The molecule has 2 aromatic carbocycles. The van der Waals surface area contributed by atoms with Crippen LogP contribution < -0.4 is 25.3 Å². The van der Waals surface area contributed by atoms with Gasteiger partial charge in [-0.3, -0.25) is 0 Å². The molecule has 0 amide bonds. The van der Waals surface area contributed by atoms with E-state index in [0.717, 1.165) is 35.4 Å². The fourth-order valence-electron chi connectivity index (χ4n) is 4.71. The van der Waals surface area contributed by atoms with Crippen LogP contribution in [0, 0.1) is 11.8 Å². The molecule has 1 heterocycles. The van der Waals surface area contributed by atoms with E-state index in [0.29, 0.717) is 34.9 Å². The first-order valence-electron chi connectivity index (χ1n) is 11.8. The molecule has 0 radical (unpaired) electrons. The Hall–Kier alpha value is -3.32. The minimum atomic E-state index is 0.565. The van der Waals surface area contributed by atoms with E-state index < -0.39 is 0 Å². The second-order valence-corrected chi connectivity index (χ2v) is 8.75. The molecule has 1 saturated carbocycles. The molecule has 1 fully saturated rings. The number of nitrogens with zero attached hydrogens (tertiary/aromatic N) is 2. The smallest absolute Gasteiger partial charge is 0.203 e. The number of hydrogen-bond acceptors (Lipinski definition) is 7. The zero-order chi connectivity index (χ0) is 23.9. The summed E-state index contributed by atoms with van der Waals surface area (Å²) in [6, 6.07) is 11.9.